The highest BCUT2D eigenvalue weighted by atomic mass is 31.2. The second-order valence-corrected chi connectivity index (χ2v) is 20.1. The number of aliphatic hydroxyl groups excluding tert-OH is 1. The van der Waals surface area contributed by atoms with Gasteiger partial charge in [-0.25, -0.2) is 4.57 Å². The van der Waals surface area contributed by atoms with Crippen LogP contribution in [0.25, 0.3) is 0 Å². The summed E-state index contributed by atoms with van der Waals surface area (Å²) in [7, 11) is -4.78. The van der Waals surface area contributed by atoms with Crippen molar-refractivity contribution in [1.29, 1.82) is 0 Å². The number of allylic oxidation sites excluding steroid dienone is 22. The van der Waals surface area contributed by atoms with E-state index in [0.29, 0.717) is 19.3 Å². The highest BCUT2D eigenvalue weighted by molar-refractivity contribution is 7.47. The normalized spacial score (nSPS) is 14.3. The van der Waals surface area contributed by atoms with Gasteiger partial charge in [-0.1, -0.05) is 199 Å². The van der Waals surface area contributed by atoms with E-state index in [1.807, 2.05) is 0 Å². The highest BCUT2D eigenvalue weighted by Crippen LogP contribution is 2.43. The van der Waals surface area contributed by atoms with Crippen LogP contribution < -0.4 is 0 Å². The number of esters is 3. The first-order valence-corrected chi connectivity index (χ1v) is 30.6. The van der Waals surface area contributed by atoms with Gasteiger partial charge in [0, 0.05) is 19.3 Å². The molecule has 3 atom stereocenters. The maximum Gasteiger partial charge on any atom is 0.472 e. The molecule has 0 saturated carbocycles. The summed E-state index contributed by atoms with van der Waals surface area (Å²) in [5.74, 6) is -1.56. The van der Waals surface area contributed by atoms with Crippen molar-refractivity contribution in [3.8, 4) is 0 Å². The zero-order chi connectivity index (χ0) is 55.5. The summed E-state index contributed by atoms with van der Waals surface area (Å²) in [6.07, 6.45) is 71.3. The molecule has 430 valence electrons. The summed E-state index contributed by atoms with van der Waals surface area (Å²) in [6, 6.07) is 0. The van der Waals surface area contributed by atoms with E-state index < -0.39 is 57.8 Å². The van der Waals surface area contributed by atoms with Gasteiger partial charge in [-0.05, 0) is 128 Å². The average Bonchev–Trinajstić information content (AvgIpc) is 3.41. The van der Waals surface area contributed by atoms with Gasteiger partial charge in [-0.15, -0.1) is 0 Å². The molecule has 11 nitrogen and oxygen atoms in total. The maximum absolute atomic E-state index is 12.9. The smallest absolute Gasteiger partial charge is 0.462 e. The largest absolute Gasteiger partial charge is 0.472 e. The first-order chi connectivity index (χ1) is 37.2. The summed E-state index contributed by atoms with van der Waals surface area (Å²) in [6.45, 7) is 4.27. The molecule has 12 heteroatoms. The Labute approximate surface area is 461 Å². The fraction of sp³-hybridized carbons (Fsp3) is 0.609. The molecule has 0 aliphatic rings. The predicted molar refractivity (Wildman–Crippen MR) is 316 cm³/mol. The maximum atomic E-state index is 12.9. The van der Waals surface area contributed by atoms with Crippen LogP contribution in [0.15, 0.2) is 134 Å². The summed E-state index contributed by atoms with van der Waals surface area (Å²) < 4.78 is 39.4. The van der Waals surface area contributed by atoms with E-state index in [9.17, 15) is 28.9 Å². The van der Waals surface area contributed by atoms with Crippen LogP contribution in [-0.2, 0) is 42.2 Å². The van der Waals surface area contributed by atoms with Gasteiger partial charge in [0.05, 0.1) is 19.8 Å². The summed E-state index contributed by atoms with van der Waals surface area (Å²) in [5, 5.41) is 9.82. The third kappa shape index (κ3) is 54.4. The number of ether oxygens (including phenoxy) is 3. The Bertz CT molecular complexity index is 1780. The number of phosphoric ester groups is 1. The van der Waals surface area contributed by atoms with Crippen molar-refractivity contribution in [2.75, 3.05) is 26.4 Å². The number of carbonyl (C=O) groups excluding carboxylic acids is 3. The number of carbonyl (C=O) groups is 3. The molecule has 0 aliphatic heterocycles. The Balaban J connectivity index is 4.79. The molecule has 76 heavy (non-hydrogen) atoms. The molecule has 0 aromatic heterocycles. The van der Waals surface area contributed by atoms with Crippen molar-refractivity contribution in [1.82, 2.24) is 0 Å². The molecule has 0 aliphatic carbocycles. The fourth-order valence-corrected chi connectivity index (χ4v) is 7.94. The standard InChI is InChI=1S/C64H103O11P/c1-4-7-10-13-16-19-22-24-26-28-30-32-34-36-39-42-45-48-51-54-63(67)74-60(56-65)58-72-76(69,70)73-59-61(57-71-62(66)53-50-47-44-41-38-21-18-15-12-9-6-3)75-64(68)55-52-49-46-43-40-37-35-33-31-29-27-25-23-20-17-14-11-8-5-2/h7-8,10-11,15-20,24-27,30-33,36-37,39-40,60-61,65H,4-6,9,12-14,21-23,28-29,34-35,38,41-59H2,1-3H3,(H,69,70)/b10-7-,11-8-,18-15-,19-16-,20-17-,26-24-,27-25-,32-30-,33-31-,39-36-,40-37-. The Hall–Kier alpha value is -4.38. The minimum atomic E-state index is -4.78. The van der Waals surface area contributed by atoms with Gasteiger partial charge in [-0.2, -0.15) is 0 Å². The average molecular weight is 1080 g/mol. The van der Waals surface area contributed by atoms with Crippen molar-refractivity contribution in [3.63, 3.8) is 0 Å². The first-order valence-electron chi connectivity index (χ1n) is 29.1. The van der Waals surface area contributed by atoms with Gasteiger partial charge in [0.25, 0.3) is 0 Å². The molecular formula is C64H103O11P. The van der Waals surface area contributed by atoms with Crippen LogP contribution >= 0.6 is 7.82 Å². The molecule has 3 unspecified atom stereocenters. The molecule has 0 radical (unpaired) electrons. The van der Waals surface area contributed by atoms with Gasteiger partial charge < -0.3 is 24.2 Å². The van der Waals surface area contributed by atoms with Gasteiger partial charge in [0.2, 0.25) is 0 Å². The van der Waals surface area contributed by atoms with Crippen molar-refractivity contribution in [2.45, 2.75) is 226 Å². The summed E-state index contributed by atoms with van der Waals surface area (Å²) in [4.78, 5) is 48.5. The van der Waals surface area contributed by atoms with Crippen LogP contribution in [0, 0.1) is 0 Å². The molecular weight excluding hydrogens is 976 g/mol. The lowest BCUT2D eigenvalue weighted by Gasteiger charge is -2.21. The molecule has 0 rings (SSSR count). The van der Waals surface area contributed by atoms with Gasteiger partial charge in [-0.3, -0.25) is 23.4 Å². The third-order valence-corrected chi connectivity index (χ3v) is 12.5. The van der Waals surface area contributed by atoms with E-state index in [1.54, 1.807) is 0 Å². The minimum Gasteiger partial charge on any atom is -0.462 e. The van der Waals surface area contributed by atoms with Crippen LogP contribution in [0.2, 0.25) is 0 Å². The lowest BCUT2D eigenvalue weighted by molar-refractivity contribution is -0.161. The van der Waals surface area contributed by atoms with E-state index in [1.165, 1.54) is 12.8 Å². The Morgan fingerprint density at radius 3 is 1.08 bits per heavy atom. The Kier molecular flexibility index (Phi) is 53.5. The Morgan fingerprint density at radius 1 is 0.382 bits per heavy atom. The molecule has 0 fully saturated rings. The molecule has 2 N–H and O–H groups in total. The van der Waals surface area contributed by atoms with E-state index in [4.69, 9.17) is 23.3 Å². The van der Waals surface area contributed by atoms with Crippen LogP contribution in [-0.4, -0.2) is 66.5 Å². The molecule has 0 aromatic rings. The zero-order valence-corrected chi connectivity index (χ0v) is 48.3. The number of unbranched alkanes of at least 4 members (excludes halogenated alkanes) is 13. The highest BCUT2D eigenvalue weighted by Gasteiger charge is 2.28. The van der Waals surface area contributed by atoms with E-state index in [-0.39, 0.29) is 25.9 Å². The molecule has 0 aromatic carbocycles. The number of aliphatic hydroxyl groups is 1. The second kappa shape index (κ2) is 56.8. The van der Waals surface area contributed by atoms with Crippen LogP contribution in [0.5, 0.6) is 0 Å². The van der Waals surface area contributed by atoms with E-state index >= 15 is 0 Å². The Morgan fingerprint density at radius 2 is 0.684 bits per heavy atom. The SMILES string of the molecule is CC/C=C\C/C=C\C/C=C\C/C=C\C/C=C\CCCCCC(=O)OC(CO)COP(=O)(O)OCC(COC(=O)CCCCCCC/C=C\CCCC)OC(=O)CCCCC/C=C\C/C=C\C/C=C\C/C=C\C/C=C\CC. The van der Waals surface area contributed by atoms with Crippen LogP contribution in [0.3, 0.4) is 0 Å². The van der Waals surface area contributed by atoms with Gasteiger partial charge >= 0.3 is 25.7 Å². The summed E-state index contributed by atoms with van der Waals surface area (Å²) in [5.41, 5.74) is 0. The number of rotatable bonds is 52. The van der Waals surface area contributed by atoms with Crippen molar-refractivity contribution < 1.29 is 52.2 Å². The minimum absolute atomic E-state index is 0.117. The van der Waals surface area contributed by atoms with Crippen LogP contribution in [0.1, 0.15) is 213 Å². The predicted octanol–water partition coefficient (Wildman–Crippen LogP) is 17.4. The lowest BCUT2D eigenvalue weighted by atomic mass is 10.1. The number of hydrogen-bond donors (Lipinski definition) is 2. The van der Waals surface area contributed by atoms with Gasteiger partial charge in [0.1, 0.15) is 12.7 Å². The molecule has 0 spiro atoms. The van der Waals surface area contributed by atoms with Crippen molar-refractivity contribution >= 4 is 25.7 Å². The zero-order valence-electron chi connectivity index (χ0n) is 47.4. The topological polar surface area (TPSA) is 155 Å². The van der Waals surface area contributed by atoms with Gasteiger partial charge in [0.15, 0.2) is 6.10 Å². The molecule has 0 heterocycles. The number of phosphoric acid groups is 1. The second-order valence-electron chi connectivity index (χ2n) is 18.7. The summed E-state index contributed by atoms with van der Waals surface area (Å²) >= 11 is 0. The molecule has 0 amide bonds. The quantitative estimate of drug-likeness (QED) is 0.0197. The molecule has 0 bridgehead atoms. The fourth-order valence-electron chi connectivity index (χ4n) is 7.15. The van der Waals surface area contributed by atoms with Crippen molar-refractivity contribution in [3.05, 3.63) is 134 Å². The van der Waals surface area contributed by atoms with Crippen molar-refractivity contribution in [2.24, 2.45) is 0 Å². The first kappa shape index (κ1) is 71.6. The number of hydrogen-bond acceptors (Lipinski definition) is 10. The molecule has 0 saturated heterocycles. The monoisotopic (exact) mass is 1080 g/mol. The van der Waals surface area contributed by atoms with E-state index in [0.717, 1.165) is 141 Å². The van der Waals surface area contributed by atoms with Crippen LogP contribution in [0.4, 0.5) is 0 Å². The van der Waals surface area contributed by atoms with E-state index in [2.05, 4.69) is 154 Å². The lowest BCUT2D eigenvalue weighted by Crippen LogP contribution is -2.30. The third-order valence-electron chi connectivity index (χ3n) is 11.5.